The van der Waals surface area contributed by atoms with Crippen LogP contribution in [0.15, 0.2) is 157 Å². The third kappa shape index (κ3) is 28.5. The molecule has 3 N–H and O–H groups in total. The zero-order valence-electron chi connectivity index (χ0n) is 55.9. The van der Waals surface area contributed by atoms with E-state index in [-0.39, 0.29) is 37.9 Å². The van der Waals surface area contributed by atoms with Crippen LogP contribution in [0, 0.1) is 27.7 Å². The molecule has 83 heavy (non-hydrogen) atoms. The number of phenolic OH excluding ortho intramolecular Hbond substituents is 3. The van der Waals surface area contributed by atoms with Crippen molar-refractivity contribution in [2.45, 2.75) is 211 Å². The lowest BCUT2D eigenvalue weighted by Crippen LogP contribution is -2.11. The fourth-order valence-corrected chi connectivity index (χ4v) is 7.83. The molecule has 7 nitrogen and oxygen atoms in total. The van der Waals surface area contributed by atoms with Gasteiger partial charge in [0.2, 0.25) is 0 Å². The van der Waals surface area contributed by atoms with Crippen LogP contribution >= 0.6 is 11.6 Å². The molecule has 0 aliphatic heterocycles. The van der Waals surface area contributed by atoms with E-state index in [4.69, 9.17) is 27.0 Å². The highest BCUT2D eigenvalue weighted by molar-refractivity contribution is 6.30. The number of benzene rings is 7. The SMILES string of the molecule is CC(C)(C)c1ccc(Cl)cc1.CC(C)(C)c1ccc(N=[N+]=[N-])cc1.CC(C)(C)c1ccc(O)cc1.COc1ccc(C(C)(C)C)cc1.Cc1cc(C(C)(C)C)cc(C)c1O.Cc1cc(C(C)(C)C)ccc1O.Cc1cccc(C(C)(C)C)c1. The molecule has 0 spiro atoms. The lowest BCUT2D eigenvalue weighted by Gasteiger charge is -2.20. The van der Waals surface area contributed by atoms with Gasteiger partial charge in [-0.15, -0.1) is 0 Å². The van der Waals surface area contributed by atoms with Gasteiger partial charge in [-0.2, -0.15) is 0 Å². The number of aryl methyl sites for hydroxylation is 4. The molecule has 7 rings (SSSR count). The molecule has 7 aromatic rings. The molecule has 0 amide bonds. The zero-order chi connectivity index (χ0) is 64.1. The monoisotopic (exact) mass is 1150 g/mol. The molecule has 0 radical (unpaired) electrons. The minimum Gasteiger partial charge on any atom is -0.508 e. The zero-order valence-corrected chi connectivity index (χ0v) is 56.7. The van der Waals surface area contributed by atoms with Crippen LogP contribution in [0.2, 0.25) is 5.02 Å². The Bertz CT molecular complexity index is 2990. The van der Waals surface area contributed by atoms with Crippen molar-refractivity contribution in [1.29, 1.82) is 0 Å². The van der Waals surface area contributed by atoms with E-state index >= 15 is 0 Å². The summed E-state index contributed by atoms with van der Waals surface area (Å²) in [5.74, 6) is 2.05. The van der Waals surface area contributed by atoms with Crippen molar-refractivity contribution in [3.05, 3.63) is 228 Å². The highest BCUT2D eigenvalue weighted by atomic mass is 35.5. The smallest absolute Gasteiger partial charge is 0.121 e. The lowest BCUT2D eigenvalue weighted by atomic mass is 9.85. The summed E-state index contributed by atoms with van der Waals surface area (Å²) in [6.07, 6.45) is 0. The number of halogens is 1. The minimum absolute atomic E-state index is 0.148. The maximum absolute atomic E-state index is 9.60. The maximum atomic E-state index is 9.60. The van der Waals surface area contributed by atoms with E-state index in [0.717, 1.165) is 27.5 Å². The van der Waals surface area contributed by atoms with E-state index in [1.165, 1.54) is 44.5 Å². The number of nitrogens with zero attached hydrogens (tertiary/aromatic N) is 3. The lowest BCUT2D eigenvalue weighted by molar-refractivity contribution is 0.414. The fraction of sp³-hybridized carbons (Fsp3) is 0.440. The van der Waals surface area contributed by atoms with Gasteiger partial charge in [0.1, 0.15) is 23.0 Å². The molecule has 0 aliphatic carbocycles. The summed E-state index contributed by atoms with van der Waals surface area (Å²) >= 11 is 5.76. The molecule has 8 heteroatoms. The van der Waals surface area contributed by atoms with E-state index in [1.807, 2.05) is 93.6 Å². The van der Waals surface area contributed by atoms with Crippen molar-refractivity contribution in [3.63, 3.8) is 0 Å². The van der Waals surface area contributed by atoms with Gasteiger partial charge in [-0.3, -0.25) is 0 Å². The summed E-state index contributed by atoms with van der Waals surface area (Å²) in [6.45, 7) is 53.8. The number of hydrogen-bond donors (Lipinski definition) is 3. The summed E-state index contributed by atoms with van der Waals surface area (Å²) in [4.78, 5) is 2.72. The molecular weight excluding hydrogens is 1040 g/mol. The molecule has 7 aromatic carbocycles. The molecule has 0 atom stereocenters. The van der Waals surface area contributed by atoms with Crippen LogP contribution in [-0.2, 0) is 37.9 Å². The summed E-state index contributed by atoms with van der Waals surface area (Å²) in [5.41, 5.74) is 23.6. The number of phenols is 3. The van der Waals surface area contributed by atoms with Gasteiger partial charge >= 0.3 is 0 Å². The molecule has 0 fully saturated rings. The minimum atomic E-state index is 0.148. The second kappa shape index (κ2) is 31.8. The Morgan fingerprint density at radius 2 is 0.711 bits per heavy atom. The van der Waals surface area contributed by atoms with Crippen molar-refractivity contribution in [2.24, 2.45) is 5.11 Å². The van der Waals surface area contributed by atoms with Crippen LogP contribution < -0.4 is 4.74 Å². The first-order valence-corrected chi connectivity index (χ1v) is 29.2. The fourth-order valence-electron chi connectivity index (χ4n) is 7.70. The average molecular weight is 1150 g/mol. The Balaban J connectivity index is 0.000000485. The van der Waals surface area contributed by atoms with Gasteiger partial charge in [0, 0.05) is 15.6 Å². The standard InChI is InChI=1S/C12H18O.2C11H16O.C11H16.C10H13Cl.C10H13N3.C10H14O/c1-8-6-10(12(3,4)5)7-9(2)11(8)13;1-11(2,3)9-5-7-10(12-4)8-6-9;1-8-7-9(11(2,3)4)5-6-10(8)12;1-9-6-5-7-10(8-9)11(2,3)4;1-10(2,3)8-4-6-9(11)7-5-8;1-10(2,3)8-4-6-9(7-5-8)12-13-11;1-10(2,3)8-4-6-9(11)7-5-8/h6-7,13H,1-5H3;5-8H,1-4H3;5-7,12H,1-4H3;5-8H,1-4H3;4-7H,1-3H3;4-7H,1-3H3;4-7,11H,1-3H3. The van der Waals surface area contributed by atoms with E-state index in [9.17, 15) is 10.2 Å². The Kier molecular flexibility index (Phi) is 28.5. The van der Waals surface area contributed by atoms with Crippen molar-refractivity contribution < 1.29 is 20.1 Å². The second-order valence-electron chi connectivity index (χ2n) is 28.6. The van der Waals surface area contributed by atoms with Gasteiger partial charge in [0.05, 0.1) is 7.11 Å². The summed E-state index contributed by atoms with van der Waals surface area (Å²) in [5, 5.41) is 32.2. The van der Waals surface area contributed by atoms with Gasteiger partial charge in [-0.25, -0.2) is 0 Å². The number of hydrogen-bond acceptors (Lipinski definition) is 5. The van der Waals surface area contributed by atoms with E-state index in [1.54, 1.807) is 25.3 Å². The third-order valence-electron chi connectivity index (χ3n) is 13.6. The first kappa shape index (κ1) is 74.4. The van der Waals surface area contributed by atoms with E-state index in [0.29, 0.717) is 22.9 Å². The van der Waals surface area contributed by atoms with Crippen LogP contribution in [0.25, 0.3) is 10.4 Å². The van der Waals surface area contributed by atoms with Crippen LogP contribution in [-0.4, -0.2) is 22.4 Å². The van der Waals surface area contributed by atoms with Gasteiger partial charge in [-0.05, 0) is 169 Å². The third-order valence-corrected chi connectivity index (χ3v) is 13.8. The van der Waals surface area contributed by atoms with Crippen molar-refractivity contribution in [1.82, 2.24) is 0 Å². The van der Waals surface area contributed by atoms with Crippen molar-refractivity contribution in [2.75, 3.05) is 7.11 Å². The largest absolute Gasteiger partial charge is 0.508 e. The van der Waals surface area contributed by atoms with Crippen LogP contribution in [0.4, 0.5) is 5.69 Å². The number of methoxy groups -OCH3 is 1. The number of aromatic hydroxyl groups is 3. The normalized spacial score (nSPS) is 11.5. The summed E-state index contributed by atoms with van der Waals surface area (Å²) in [6, 6.07) is 49.8. The number of ether oxygens (including phenoxy) is 1. The predicted molar refractivity (Wildman–Crippen MR) is 360 cm³/mol. The molecule has 0 saturated carbocycles. The molecule has 0 aromatic heterocycles. The molecular formula is C75H106ClN3O4. The number of rotatable bonds is 2. The Labute approximate surface area is 509 Å². The van der Waals surface area contributed by atoms with E-state index in [2.05, 4.69) is 223 Å². The quantitative estimate of drug-likeness (QED) is 0.0908. The molecule has 0 unspecified atom stereocenters. The van der Waals surface area contributed by atoms with E-state index < -0.39 is 0 Å². The highest BCUT2D eigenvalue weighted by Gasteiger charge is 2.18. The molecule has 0 bridgehead atoms. The number of azide groups is 1. The summed E-state index contributed by atoms with van der Waals surface area (Å²) in [7, 11) is 1.69. The highest BCUT2D eigenvalue weighted by Crippen LogP contribution is 2.32. The van der Waals surface area contributed by atoms with Gasteiger partial charge in [-0.1, -0.05) is 277 Å². The Hall–Kier alpha value is -6.66. The van der Waals surface area contributed by atoms with Gasteiger partial charge in [0.15, 0.2) is 0 Å². The predicted octanol–water partition coefficient (Wildman–Crippen LogP) is 22.8. The van der Waals surface area contributed by atoms with Crippen LogP contribution in [0.5, 0.6) is 23.0 Å². The molecule has 0 heterocycles. The second-order valence-corrected chi connectivity index (χ2v) is 29.0. The van der Waals surface area contributed by atoms with Crippen molar-refractivity contribution in [3.8, 4) is 23.0 Å². The Morgan fingerprint density at radius 1 is 0.386 bits per heavy atom. The Morgan fingerprint density at radius 3 is 1.04 bits per heavy atom. The molecule has 0 aliphatic rings. The molecule has 452 valence electrons. The molecule has 0 saturated heterocycles. The van der Waals surface area contributed by atoms with Crippen LogP contribution in [0.1, 0.15) is 207 Å². The van der Waals surface area contributed by atoms with Crippen LogP contribution in [0.3, 0.4) is 0 Å². The maximum Gasteiger partial charge on any atom is 0.121 e. The van der Waals surface area contributed by atoms with Gasteiger partial charge < -0.3 is 20.1 Å². The average Bonchev–Trinajstić information content (AvgIpc) is 3.44. The summed E-state index contributed by atoms with van der Waals surface area (Å²) < 4.78 is 5.08. The van der Waals surface area contributed by atoms with Crippen molar-refractivity contribution >= 4 is 17.3 Å². The van der Waals surface area contributed by atoms with Gasteiger partial charge in [0.25, 0.3) is 0 Å². The first-order valence-electron chi connectivity index (χ1n) is 28.8. The first-order chi connectivity index (χ1) is 37.8. The topological polar surface area (TPSA) is 119 Å².